The van der Waals surface area contributed by atoms with Crippen molar-refractivity contribution in [3.8, 4) is 5.75 Å². The summed E-state index contributed by atoms with van der Waals surface area (Å²) < 4.78 is 23.3. The van der Waals surface area contributed by atoms with E-state index in [1.807, 2.05) is 37.3 Å². The maximum atomic E-state index is 13.7. The van der Waals surface area contributed by atoms with Crippen LogP contribution in [0.3, 0.4) is 0 Å². The topological polar surface area (TPSA) is 146 Å². The molecule has 0 aliphatic carbocycles. The molecule has 0 unspecified atom stereocenters. The third kappa shape index (κ3) is 9.79. The van der Waals surface area contributed by atoms with E-state index in [9.17, 15) is 24.0 Å². The van der Waals surface area contributed by atoms with Crippen LogP contribution in [0.1, 0.15) is 89.1 Å². The van der Waals surface area contributed by atoms with E-state index in [0.717, 1.165) is 24.8 Å². The van der Waals surface area contributed by atoms with Crippen LogP contribution in [0.4, 0.5) is 5.69 Å². The van der Waals surface area contributed by atoms with E-state index in [2.05, 4.69) is 17.6 Å². The Hall–Kier alpha value is -4.41. The van der Waals surface area contributed by atoms with Gasteiger partial charge in [-0.05, 0) is 44.4 Å². The second kappa shape index (κ2) is 17.9. The van der Waals surface area contributed by atoms with E-state index in [1.54, 1.807) is 26.0 Å². The number of nitrogens with one attached hydrogen (secondary N) is 2. The molecule has 1 heterocycles. The number of benzene rings is 2. The SMILES string of the molecule is CCCCCC[C@H]1C(=O)O[C@H](C)[C@H](NC(=O)c2cccc(NC=O)c2OCc2ccccc2)C(=O)O[C@@H](C)[C@@H]1OC(=O)[C@@H](C)CC. The molecule has 1 saturated heterocycles. The molecule has 1 aliphatic rings. The zero-order valence-electron chi connectivity index (χ0n) is 27.3. The van der Waals surface area contributed by atoms with Crippen molar-refractivity contribution >= 4 is 35.9 Å². The van der Waals surface area contributed by atoms with Crippen LogP contribution in [-0.4, -0.2) is 54.6 Å². The summed E-state index contributed by atoms with van der Waals surface area (Å²) in [4.78, 5) is 65.0. The molecule has 0 aromatic heterocycles. The minimum Gasteiger partial charge on any atom is -0.486 e. The smallest absolute Gasteiger partial charge is 0.332 e. The lowest BCUT2D eigenvalue weighted by Gasteiger charge is -2.30. The van der Waals surface area contributed by atoms with Crippen LogP contribution >= 0.6 is 0 Å². The largest absolute Gasteiger partial charge is 0.486 e. The maximum absolute atomic E-state index is 13.7. The third-order valence-corrected chi connectivity index (χ3v) is 8.11. The minimum absolute atomic E-state index is 0.0381. The van der Waals surface area contributed by atoms with Crippen LogP contribution in [0, 0.1) is 11.8 Å². The summed E-state index contributed by atoms with van der Waals surface area (Å²) in [7, 11) is 0. The summed E-state index contributed by atoms with van der Waals surface area (Å²) >= 11 is 0. The highest BCUT2D eigenvalue weighted by atomic mass is 16.6. The number of para-hydroxylation sites is 1. The van der Waals surface area contributed by atoms with Gasteiger partial charge in [-0.25, -0.2) is 4.79 Å². The van der Waals surface area contributed by atoms with E-state index in [1.165, 1.54) is 13.0 Å². The van der Waals surface area contributed by atoms with Crippen LogP contribution in [-0.2, 0) is 40.0 Å². The summed E-state index contributed by atoms with van der Waals surface area (Å²) in [5.41, 5.74) is 1.12. The van der Waals surface area contributed by atoms with Gasteiger partial charge in [-0.15, -0.1) is 0 Å². The Balaban J connectivity index is 1.89. The number of carbonyl (C=O) groups is 5. The first-order chi connectivity index (χ1) is 22.1. The number of ether oxygens (including phenoxy) is 4. The number of esters is 3. The molecule has 11 heteroatoms. The molecule has 1 aliphatic heterocycles. The standard InChI is InChI=1S/C35H46N2O9/c1-6-8-9-13-17-27-30(46-33(40)22(3)7-2)24(5)45-35(42)29(23(4)44-34(27)41)37-32(39)26-18-14-19-28(36-21-38)31(26)43-20-25-15-11-10-12-16-25/h10-12,14-16,18-19,21-24,27,29-30H,6-9,13,17,20H2,1-5H3,(H,36,38)(H,37,39)/t22-,23+,24-,27+,29-,30-/m0/s1. The number of unbranched alkanes of at least 4 members (excludes halogenated alkanes) is 3. The molecule has 2 aromatic rings. The molecule has 0 bridgehead atoms. The molecule has 3 rings (SSSR count). The number of anilines is 1. The molecule has 0 saturated carbocycles. The summed E-state index contributed by atoms with van der Waals surface area (Å²) in [5.74, 6) is -3.90. The number of amides is 2. The molecular weight excluding hydrogens is 592 g/mol. The number of rotatable bonds is 15. The number of carbonyl (C=O) groups excluding carboxylic acids is 5. The van der Waals surface area contributed by atoms with Gasteiger partial charge in [0, 0.05) is 0 Å². The lowest BCUT2D eigenvalue weighted by atomic mass is 9.91. The Morgan fingerprint density at radius 3 is 2.33 bits per heavy atom. The van der Waals surface area contributed by atoms with E-state index in [4.69, 9.17) is 18.9 Å². The third-order valence-electron chi connectivity index (χ3n) is 8.11. The first-order valence-electron chi connectivity index (χ1n) is 16.0. The fraction of sp³-hybridized carbons (Fsp3) is 0.514. The molecule has 2 aromatic carbocycles. The molecule has 2 N–H and O–H groups in total. The predicted octanol–water partition coefficient (Wildman–Crippen LogP) is 5.35. The fourth-order valence-corrected chi connectivity index (χ4v) is 5.16. The van der Waals surface area contributed by atoms with Crippen molar-refractivity contribution in [2.45, 2.75) is 104 Å². The van der Waals surface area contributed by atoms with E-state index in [0.29, 0.717) is 25.7 Å². The Bertz CT molecular complexity index is 1330. The van der Waals surface area contributed by atoms with Gasteiger partial charge in [-0.3, -0.25) is 19.2 Å². The number of cyclic esters (lactones) is 2. The highest BCUT2D eigenvalue weighted by Crippen LogP contribution is 2.31. The van der Waals surface area contributed by atoms with Crippen LogP contribution in [0.5, 0.6) is 5.75 Å². The molecule has 0 spiro atoms. The van der Waals surface area contributed by atoms with Crippen molar-refractivity contribution in [2.75, 3.05) is 5.32 Å². The lowest BCUT2D eigenvalue weighted by molar-refractivity contribution is -0.177. The molecule has 0 radical (unpaired) electrons. The molecule has 46 heavy (non-hydrogen) atoms. The zero-order valence-corrected chi connectivity index (χ0v) is 27.3. The van der Waals surface area contributed by atoms with Gasteiger partial charge >= 0.3 is 17.9 Å². The predicted molar refractivity (Wildman–Crippen MR) is 171 cm³/mol. The Kier molecular flexibility index (Phi) is 14.0. The summed E-state index contributed by atoms with van der Waals surface area (Å²) in [6.45, 7) is 8.83. The van der Waals surface area contributed by atoms with Crippen LogP contribution in [0.15, 0.2) is 48.5 Å². The van der Waals surface area contributed by atoms with Gasteiger partial charge in [0.2, 0.25) is 6.41 Å². The van der Waals surface area contributed by atoms with Gasteiger partial charge in [0.1, 0.15) is 18.8 Å². The highest BCUT2D eigenvalue weighted by Gasteiger charge is 2.44. The van der Waals surface area contributed by atoms with Gasteiger partial charge in [-0.2, -0.15) is 0 Å². The first kappa shape index (κ1) is 36.1. The highest BCUT2D eigenvalue weighted by molar-refractivity contribution is 6.01. The van der Waals surface area contributed by atoms with Crippen molar-refractivity contribution in [3.05, 3.63) is 59.7 Å². The van der Waals surface area contributed by atoms with Crippen LogP contribution < -0.4 is 15.4 Å². The number of hydrogen-bond acceptors (Lipinski definition) is 9. The van der Waals surface area contributed by atoms with Crippen molar-refractivity contribution in [2.24, 2.45) is 11.8 Å². The normalized spacial score (nSPS) is 22.2. The van der Waals surface area contributed by atoms with Gasteiger partial charge in [0.15, 0.2) is 17.9 Å². The quantitative estimate of drug-likeness (QED) is 0.114. The molecule has 6 atom stereocenters. The van der Waals surface area contributed by atoms with Gasteiger partial charge in [0.05, 0.1) is 23.1 Å². The van der Waals surface area contributed by atoms with E-state index in [-0.39, 0.29) is 23.6 Å². The van der Waals surface area contributed by atoms with E-state index < -0.39 is 60.0 Å². The van der Waals surface area contributed by atoms with Crippen molar-refractivity contribution in [1.29, 1.82) is 0 Å². The van der Waals surface area contributed by atoms with Crippen LogP contribution in [0.2, 0.25) is 0 Å². The first-order valence-corrected chi connectivity index (χ1v) is 16.0. The van der Waals surface area contributed by atoms with Gasteiger partial charge in [-0.1, -0.05) is 82.9 Å². The maximum Gasteiger partial charge on any atom is 0.332 e. The van der Waals surface area contributed by atoms with Gasteiger partial charge < -0.3 is 29.6 Å². The Labute approximate surface area is 270 Å². The van der Waals surface area contributed by atoms with Crippen LogP contribution in [0.25, 0.3) is 0 Å². The summed E-state index contributed by atoms with van der Waals surface area (Å²) in [6.07, 6.45) is 1.74. The molecule has 11 nitrogen and oxygen atoms in total. The minimum atomic E-state index is -1.40. The molecule has 250 valence electrons. The summed E-state index contributed by atoms with van der Waals surface area (Å²) in [5, 5.41) is 5.18. The average molecular weight is 639 g/mol. The van der Waals surface area contributed by atoms with Crippen molar-refractivity contribution in [3.63, 3.8) is 0 Å². The molecule has 2 amide bonds. The Morgan fingerprint density at radius 2 is 1.65 bits per heavy atom. The number of hydrogen-bond donors (Lipinski definition) is 2. The van der Waals surface area contributed by atoms with E-state index >= 15 is 0 Å². The average Bonchev–Trinajstić information content (AvgIpc) is 3.07. The zero-order chi connectivity index (χ0) is 33.6. The lowest BCUT2D eigenvalue weighted by Crippen LogP contribution is -2.50. The van der Waals surface area contributed by atoms with Crippen molar-refractivity contribution in [1.82, 2.24) is 5.32 Å². The fourth-order valence-electron chi connectivity index (χ4n) is 5.16. The second-order valence-electron chi connectivity index (χ2n) is 11.6. The molecule has 1 fully saturated rings. The summed E-state index contributed by atoms with van der Waals surface area (Å²) in [6, 6.07) is 12.5. The molecular formula is C35H46N2O9. The monoisotopic (exact) mass is 638 g/mol. The Morgan fingerprint density at radius 1 is 0.935 bits per heavy atom. The van der Waals surface area contributed by atoms with Crippen molar-refractivity contribution < 1.29 is 42.9 Å². The van der Waals surface area contributed by atoms with Gasteiger partial charge in [0.25, 0.3) is 5.91 Å². The second-order valence-corrected chi connectivity index (χ2v) is 11.6.